The Balaban J connectivity index is 1.58. The van der Waals surface area contributed by atoms with Gasteiger partial charge in [0.05, 0.1) is 6.33 Å². The maximum atomic E-state index is 12.5. The van der Waals surface area contributed by atoms with Gasteiger partial charge in [-0.25, -0.2) is 4.98 Å². The zero-order valence-corrected chi connectivity index (χ0v) is 13.8. The predicted octanol–water partition coefficient (Wildman–Crippen LogP) is 3.32. The van der Waals surface area contributed by atoms with E-state index in [0.29, 0.717) is 24.8 Å². The van der Waals surface area contributed by atoms with Crippen LogP contribution in [0.4, 0.5) is 0 Å². The van der Waals surface area contributed by atoms with Crippen molar-refractivity contribution < 1.29 is 4.79 Å². The largest absolute Gasteiger partial charge is 0.342 e. The highest BCUT2D eigenvalue weighted by molar-refractivity contribution is 5.76. The molecule has 4 heteroatoms. The van der Waals surface area contributed by atoms with E-state index in [4.69, 9.17) is 0 Å². The first-order valence-electron chi connectivity index (χ1n) is 8.56. The predicted molar refractivity (Wildman–Crippen MR) is 91.0 cm³/mol. The number of amides is 1. The fourth-order valence-electron chi connectivity index (χ4n) is 3.61. The summed E-state index contributed by atoms with van der Waals surface area (Å²) in [6.07, 6.45) is 8.17. The molecular weight excluding hydrogens is 286 g/mol. The number of imidazole rings is 1. The Kier molecular flexibility index (Phi) is 5.11. The molecule has 0 N–H and O–H groups in total. The van der Waals surface area contributed by atoms with Crippen molar-refractivity contribution in [2.45, 2.75) is 38.6 Å². The quantitative estimate of drug-likeness (QED) is 0.849. The molecule has 1 saturated heterocycles. The van der Waals surface area contributed by atoms with Gasteiger partial charge in [0, 0.05) is 38.4 Å². The lowest BCUT2D eigenvalue weighted by atomic mass is 9.79. The molecule has 1 aliphatic rings. The highest BCUT2D eigenvalue weighted by Crippen LogP contribution is 2.34. The van der Waals surface area contributed by atoms with Crippen LogP contribution in [0.2, 0.25) is 0 Å². The Morgan fingerprint density at radius 2 is 2.13 bits per heavy atom. The van der Waals surface area contributed by atoms with Crippen molar-refractivity contribution in [3.63, 3.8) is 0 Å². The minimum Gasteiger partial charge on any atom is -0.342 e. The number of aromatic nitrogens is 2. The van der Waals surface area contributed by atoms with Gasteiger partial charge in [-0.05, 0) is 23.8 Å². The van der Waals surface area contributed by atoms with Crippen molar-refractivity contribution in [2.75, 3.05) is 13.1 Å². The molecule has 0 saturated carbocycles. The number of piperidine rings is 1. The van der Waals surface area contributed by atoms with Crippen LogP contribution in [-0.4, -0.2) is 33.4 Å². The number of nitrogens with zero attached hydrogens (tertiary/aromatic N) is 3. The van der Waals surface area contributed by atoms with Crippen LogP contribution in [0.1, 0.15) is 37.7 Å². The summed E-state index contributed by atoms with van der Waals surface area (Å²) in [5.41, 5.74) is 1.42. The molecule has 122 valence electrons. The van der Waals surface area contributed by atoms with E-state index in [-0.39, 0.29) is 5.91 Å². The van der Waals surface area contributed by atoms with E-state index in [1.54, 1.807) is 12.5 Å². The van der Waals surface area contributed by atoms with E-state index in [9.17, 15) is 4.79 Å². The molecule has 2 atom stereocenters. The molecule has 2 aromatic rings. The van der Waals surface area contributed by atoms with Crippen molar-refractivity contribution in [3.05, 3.63) is 54.6 Å². The lowest BCUT2D eigenvalue weighted by Gasteiger charge is -2.38. The topological polar surface area (TPSA) is 38.1 Å². The van der Waals surface area contributed by atoms with E-state index in [2.05, 4.69) is 47.1 Å². The van der Waals surface area contributed by atoms with Gasteiger partial charge in [0.15, 0.2) is 0 Å². The van der Waals surface area contributed by atoms with Crippen molar-refractivity contribution in [2.24, 2.45) is 5.92 Å². The molecule has 1 aromatic carbocycles. The molecular formula is C19H25N3O. The molecule has 1 aromatic heterocycles. The molecule has 0 aliphatic carbocycles. The normalized spacial score (nSPS) is 21.3. The fraction of sp³-hybridized carbons (Fsp3) is 0.474. The van der Waals surface area contributed by atoms with Crippen molar-refractivity contribution in [1.82, 2.24) is 14.5 Å². The average Bonchev–Trinajstić information content (AvgIpc) is 3.13. The number of hydrogen-bond acceptors (Lipinski definition) is 2. The van der Waals surface area contributed by atoms with Gasteiger partial charge in [-0.15, -0.1) is 0 Å². The molecule has 0 radical (unpaired) electrons. The van der Waals surface area contributed by atoms with Crippen LogP contribution >= 0.6 is 0 Å². The second kappa shape index (κ2) is 7.44. The molecule has 0 spiro atoms. The van der Waals surface area contributed by atoms with E-state index >= 15 is 0 Å². The van der Waals surface area contributed by atoms with E-state index in [1.807, 2.05) is 10.8 Å². The summed E-state index contributed by atoms with van der Waals surface area (Å²) in [4.78, 5) is 18.6. The third-order valence-corrected chi connectivity index (χ3v) is 4.98. The van der Waals surface area contributed by atoms with Crippen LogP contribution in [0.15, 0.2) is 49.1 Å². The Hall–Kier alpha value is -2.10. The molecule has 2 heterocycles. The number of aryl methyl sites for hydroxylation is 1. The SMILES string of the molecule is CC[C@@H]1CN(C(=O)CCn2ccnc2)CC[C@H]1c1ccccc1. The van der Waals surface area contributed by atoms with Gasteiger partial charge in [-0.2, -0.15) is 0 Å². The summed E-state index contributed by atoms with van der Waals surface area (Å²) in [7, 11) is 0. The average molecular weight is 311 g/mol. The van der Waals surface area contributed by atoms with Crippen LogP contribution in [0.3, 0.4) is 0 Å². The molecule has 4 nitrogen and oxygen atoms in total. The van der Waals surface area contributed by atoms with E-state index in [0.717, 1.165) is 25.9 Å². The van der Waals surface area contributed by atoms with Crippen LogP contribution in [0.5, 0.6) is 0 Å². The summed E-state index contributed by atoms with van der Waals surface area (Å²) in [5.74, 6) is 1.41. The number of carbonyl (C=O) groups excluding carboxylic acids is 1. The first kappa shape index (κ1) is 15.8. The molecule has 23 heavy (non-hydrogen) atoms. The van der Waals surface area contributed by atoms with Crippen LogP contribution in [0, 0.1) is 5.92 Å². The van der Waals surface area contributed by atoms with Crippen LogP contribution in [-0.2, 0) is 11.3 Å². The summed E-state index contributed by atoms with van der Waals surface area (Å²) in [5, 5.41) is 0. The summed E-state index contributed by atoms with van der Waals surface area (Å²) >= 11 is 0. The Bertz CT molecular complexity index is 609. The van der Waals surface area contributed by atoms with Gasteiger partial charge in [0.25, 0.3) is 0 Å². The highest BCUT2D eigenvalue weighted by Gasteiger charge is 2.30. The summed E-state index contributed by atoms with van der Waals surface area (Å²) in [6.45, 7) is 4.71. The number of benzene rings is 1. The fourth-order valence-corrected chi connectivity index (χ4v) is 3.61. The van der Waals surface area contributed by atoms with Gasteiger partial charge in [-0.3, -0.25) is 4.79 Å². The molecule has 0 bridgehead atoms. The van der Waals surface area contributed by atoms with Crippen LogP contribution < -0.4 is 0 Å². The van der Waals surface area contributed by atoms with Gasteiger partial charge in [-0.1, -0.05) is 43.7 Å². The Morgan fingerprint density at radius 1 is 1.30 bits per heavy atom. The molecule has 3 rings (SSSR count). The number of carbonyl (C=O) groups is 1. The Labute approximate surface area is 138 Å². The van der Waals surface area contributed by atoms with Gasteiger partial charge in [0.1, 0.15) is 0 Å². The third-order valence-electron chi connectivity index (χ3n) is 4.98. The van der Waals surface area contributed by atoms with E-state index < -0.39 is 0 Å². The molecule has 1 fully saturated rings. The minimum atomic E-state index is 0.267. The summed E-state index contributed by atoms with van der Waals surface area (Å²) in [6, 6.07) is 10.8. The minimum absolute atomic E-state index is 0.267. The van der Waals surface area contributed by atoms with Gasteiger partial charge in [0.2, 0.25) is 5.91 Å². The highest BCUT2D eigenvalue weighted by atomic mass is 16.2. The maximum Gasteiger partial charge on any atom is 0.224 e. The van der Waals surface area contributed by atoms with Crippen LogP contribution in [0.25, 0.3) is 0 Å². The third kappa shape index (κ3) is 3.81. The molecule has 0 unspecified atom stereocenters. The molecule has 1 amide bonds. The second-order valence-electron chi connectivity index (χ2n) is 6.36. The number of likely N-dealkylation sites (tertiary alicyclic amines) is 1. The van der Waals surface area contributed by atoms with Crippen molar-refractivity contribution in [1.29, 1.82) is 0 Å². The van der Waals surface area contributed by atoms with Gasteiger partial charge < -0.3 is 9.47 Å². The first-order valence-corrected chi connectivity index (χ1v) is 8.56. The zero-order chi connectivity index (χ0) is 16.1. The van der Waals surface area contributed by atoms with Crippen molar-refractivity contribution in [3.8, 4) is 0 Å². The monoisotopic (exact) mass is 311 g/mol. The summed E-state index contributed by atoms with van der Waals surface area (Å²) < 4.78 is 1.96. The maximum absolute atomic E-state index is 12.5. The zero-order valence-electron chi connectivity index (χ0n) is 13.8. The number of hydrogen-bond donors (Lipinski definition) is 0. The van der Waals surface area contributed by atoms with Crippen molar-refractivity contribution >= 4 is 5.91 Å². The standard InChI is InChI=1S/C19H25N3O/c1-2-16-14-22(19(23)9-11-21-13-10-20-15-21)12-8-18(16)17-6-4-3-5-7-17/h3-7,10,13,15-16,18H,2,8-9,11-12,14H2,1H3/t16-,18-/m1/s1. The first-order chi connectivity index (χ1) is 11.3. The second-order valence-corrected chi connectivity index (χ2v) is 6.36. The number of rotatable bonds is 5. The smallest absolute Gasteiger partial charge is 0.224 e. The Morgan fingerprint density at radius 3 is 2.83 bits per heavy atom. The van der Waals surface area contributed by atoms with E-state index in [1.165, 1.54) is 5.56 Å². The molecule has 1 aliphatic heterocycles. The van der Waals surface area contributed by atoms with Gasteiger partial charge >= 0.3 is 0 Å². The lowest BCUT2D eigenvalue weighted by molar-refractivity contribution is -0.133. The lowest BCUT2D eigenvalue weighted by Crippen LogP contribution is -2.43.